The minimum absolute atomic E-state index is 0.187. The molecule has 0 aliphatic heterocycles. The van der Waals surface area contributed by atoms with Gasteiger partial charge in [-0.1, -0.05) is 11.2 Å². The SMILES string of the molecule is N/C(=N\O)c1cccnc1Nc1cccc(C(F)(F)F)c1. The van der Waals surface area contributed by atoms with Gasteiger partial charge in [0.2, 0.25) is 0 Å². The van der Waals surface area contributed by atoms with Gasteiger partial charge < -0.3 is 16.3 Å². The fourth-order valence-corrected chi connectivity index (χ4v) is 1.68. The molecule has 0 amide bonds. The van der Waals surface area contributed by atoms with Crippen molar-refractivity contribution in [1.82, 2.24) is 4.98 Å². The Morgan fingerprint density at radius 3 is 2.67 bits per heavy atom. The van der Waals surface area contributed by atoms with Crippen LogP contribution in [0.25, 0.3) is 0 Å². The number of hydrogen-bond acceptors (Lipinski definition) is 4. The first-order valence-electron chi connectivity index (χ1n) is 5.79. The Morgan fingerprint density at radius 2 is 2.00 bits per heavy atom. The predicted octanol–water partition coefficient (Wildman–Crippen LogP) is 2.94. The molecule has 0 unspecified atom stereocenters. The number of oxime groups is 1. The molecule has 0 aliphatic carbocycles. The summed E-state index contributed by atoms with van der Waals surface area (Å²) in [7, 11) is 0. The van der Waals surface area contributed by atoms with Gasteiger partial charge in [0.05, 0.1) is 11.1 Å². The number of nitrogens with zero attached hydrogens (tertiary/aromatic N) is 2. The Labute approximate surface area is 117 Å². The van der Waals surface area contributed by atoms with Gasteiger partial charge in [-0.3, -0.25) is 0 Å². The standard InChI is InChI=1S/C13H11F3N4O/c14-13(15,16)8-3-1-4-9(7-8)19-12-10(11(17)20-21)5-2-6-18-12/h1-7,21H,(H2,17,20)(H,18,19). The van der Waals surface area contributed by atoms with Gasteiger partial charge in [-0.2, -0.15) is 13.2 Å². The van der Waals surface area contributed by atoms with E-state index in [-0.39, 0.29) is 22.9 Å². The number of anilines is 2. The summed E-state index contributed by atoms with van der Waals surface area (Å²) in [5.41, 5.74) is 5.17. The van der Waals surface area contributed by atoms with Crippen molar-refractivity contribution in [2.45, 2.75) is 6.18 Å². The van der Waals surface area contributed by atoms with Crippen LogP contribution in [-0.4, -0.2) is 16.0 Å². The average Bonchev–Trinajstić information content (AvgIpc) is 2.46. The largest absolute Gasteiger partial charge is 0.416 e. The van der Waals surface area contributed by atoms with Crippen LogP contribution in [0.3, 0.4) is 0 Å². The molecule has 1 heterocycles. The van der Waals surface area contributed by atoms with Gasteiger partial charge in [0.25, 0.3) is 0 Å². The Balaban J connectivity index is 2.35. The summed E-state index contributed by atoms with van der Waals surface area (Å²) in [5.74, 6) is -0.00954. The molecule has 0 saturated carbocycles. The zero-order valence-electron chi connectivity index (χ0n) is 10.6. The fraction of sp³-hybridized carbons (Fsp3) is 0.0769. The van der Waals surface area contributed by atoms with Gasteiger partial charge in [0.1, 0.15) is 5.82 Å². The molecule has 0 atom stereocenters. The monoisotopic (exact) mass is 296 g/mol. The smallest absolute Gasteiger partial charge is 0.409 e. The maximum Gasteiger partial charge on any atom is 0.416 e. The zero-order chi connectivity index (χ0) is 15.5. The van der Waals surface area contributed by atoms with E-state index in [0.29, 0.717) is 0 Å². The van der Waals surface area contributed by atoms with Crippen molar-refractivity contribution in [2.24, 2.45) is 10.9 Å². The van der Waals surface area contributed by atoms with Gasteiger partial charge in [-0.25, -0.2) is 4.98 Å². The second-order valence-corrected chi connectivity index (χ2v) is 4.09. The van der Waals surface area contributed by atoms with Crippen LogP contribution < -0.4 is 11.1 Å². The lowest BCUT2D eigenvalue weighted by Crippen LogP contribution is -2.16. The van der Waals surface area contributed by atoms with Gasteiger partial charge in [0, 0.05) is 11.9 Å². The van der Waals surface area contributed by atoms with Crippen molar-refractivity contribution < 1.29 is 18.4 Å². The van der Waals surface area contributed by atoms with Crippen molar-refractivity contribution in [3.05, 3.63) is 53.7 Å². The number of rotatable bonds is 3. The summed E-state index contributed by atoms with van der Waals surface area (Å²) >= 11 is 0. The maximum atomic E-state index is 12.7. The fourth-order valence-electron chi connectivity index (χ4n) is 1.68. The van der Waals surface area contributed by atoms with Crippen LogP contribution in [0.4, 0.5) is 24.7 Å². The highest BCUT2D eigenvalue weighted by atomic mass is 19.4. The number of amidine groups is 1. The molecule has 5 nitrogen and oxygen atoms in total. The molecule has 0 spiro atoms. The van der Waals surface area contributed by atoms with Crippen molar-refractivity contribution in [2.75, 3.05) is 5.32 Å². The lowest BCUT2D eigenvalue weighted by Gasteiger charge is -2.12. The van der Waals surface area contributed by atoms with E-state index in [0.717, 1.165) is 12.1 Å². The lowest BCUT2D eigenvalue weighted by molar-refractivity contribution is -0.137. The van der Waals surface area contributed by atoms with E-state index in [9.17, 15) is 13.2 Å². The minimum Gasteiger partial charge on any atom is -0.409 e. The van der Waals surface area contributed by atoms with Gasteiger partial charge in [-0.05, 0) is 30.3 Å². The van der Waals surface area contributed by atoms with E-state index in [1.54, 1.807) is 6.07 Å². The second kappa shape index (κ2) is 5.70. The van der Waals surface area contributed by atoms with Gasteiger partial charge in [-0.15, -0.1) is 0 Å². The third kappa shape index (κ3) is 3.41. The minimum atomic E-state index is -4.43. The molecule has 1 aromatic heterocycles. The van der Waals surface area contributed by atoms with Crippen LogP contribution >= 0.6 is 0 Å². The van der Waals surface area contributed by atoms with E-state index in [4.69, 9.17) is 10.9 Å². The number of halogens is 3. The number of pyridine rings is 1. The van der Waals surface area contributed by atoms with Crippen LogP contribution in [0, 0.1) is 0 Å². The first-order chi connectivity index (χ1) is 9.91. The molecule has 110 valence electrons. The van der Waals surface area contributed by atoms with E-state index in [2.05, 4.69) is 15.5 Å². The van der Waals surface area contributed by atoms with Crippen LogP contribution in [0.1, 0.15) is 11.1 Å². The van der Waals surface area contributed by atoms with E-state index >= 15 is 0 Å². The maximum absolute atomic E-state index is 12.7. The van der Waals surface area contributed by atoms with Crippen molar-refractivity contribution in [1.29, 1.82) is 0 Å². The molecule has 0 bridgehead atoms. The molecule has 21 heavy (non-hydrogen) atoms. The molecule has 0 aliphatic rings. The molecule has 0 saturated heterocycles. The van der Waals surface area contributed by atoms with Crippen LogP contribution in [-0.2, 0) is 6.18 Å². The third-order valence-electron chi connectivity index (χ3n) is 2.64. The van der Waals surface area contributed by atoms with E-state index < -0.39 is 11.7 Å². The van der Waals surface area contributed by atoms with Crippen LogP contribution in [0.2, 0.25) is 0 Å². The van der Waals surface area contributed by atoms with Crippen molar-refractivity contribution in [3.8, 4) is 0 Å². The summed E-state index contributed by atoms with van der Waals surface area (Å²) in [5, 5.41) is 14.3. The normalized spacial score (nSPS) is 12.2. The molecule has 1 aromatic carbocycles. The lowest BCUT2D eigenvalue weighted by atomic mass is 10.2. The first-order valence-corrected chi connectivity index (χ1v) is 5.79. The molecule has 4 N–H and O–H groups in total. The molecule has 8 heteroatoms. The highest BCUT2D eigenvalue weighted by Gasteiger charge is 2.30. The molecular formula is C13H11F3N4O. The topological polar surface area (TPSA) is 83.5 Å². The van der Waals surface area contributed by atoms with Crippen molar-refractivity contribution >= 4 is 17.3 Å². The number of aromatic nitrogens is 1. The Morgan fingerprint density at radius 1 is 1.24 bits per heavy atom. The molecular weight excluding hydrogens is 285 g/mol. The molecule has 0 fully saturated rings. The third-order valence-corrected chi connectivity index (χ3v) is 2.64. The number of benzene rings is 1. The predicted molar refractivity (Wildman–Crippen MR) is 71.5 cm³/mol. The van der Waals surface area contributed by atoms with E-state index in [1.165, 1.54) is 24.4 Å². The molecule has 0 radical (unpaired) electrons. The average molecular weight is 296 g/mol. The summed E-state index contributed by atoms with van der Waals surface area (Å²) in [4.78, 5) is 3.97. The molecule has 2 rings (SSSR count). The van der Waals surface area contributed by atoms with Crippen LogP contribution in [0.15, 0.2) is 47.8 Å². The number of nitrogens with one attached hydrogen (secondary N) is 1. The van der Waals surface area contributed by atoms with Gasteiger partial charge in [0.15, 0.2) is 5.84 Å². The van der Waals surface area contributed by atoms with Crippen molar-refractivity contribution in [3.63, 3.8) is 0 Å². The number of alkyl halides is 3. The quantitative estimate of drug-likeness (QED) is 0.352. The Hall–Kier alpha value is -2.77. The summed E-state index contributed by atoms with van der Waals surface area (Å²) in [6, 6.07) is 7.73. The second-order valence-electron chi connectivity index (χ2n) is 4.09. The summed E-state index contributed by atoms with van der Waals surface area (Å²) < 4.78 is 38.0. The highest BCUT2D eigenvalue weighted by Crippen LogP contribution is 2.31. The summed E-state index contributed by atoms with van der Waals surface area (Å²) in [6.45, 7) is 0. The highest BCUT2D eigenvalue weighted by molar-refractivity contribution is 6.01. The van der Waals surface area contributed by atoms with Crippen LogP contribution in [0.5, 0.6) is 0 Å². The number of nitrogens with two attached hydrogens (primary N) is 1. The molecule has 2 aromatic rings. The van der Waals surface area contributed by atoms with Gasteiger partial charge >= 0.3 is 6.18 Å². The Kier molecular flexibility index (Phi) is 3.97. The van der Waals surface area contributed by atoms with E-state index in [1.807, 2.05) is 0 Å². The Bertz CT molecular complexity index is 670. The zero-order valence-corrected chi connectivity index (χ0v) is 10.6. The number of hydrogen-bond donors (Lipinski definition) is 3. The summed E-state index contributed by atoms with van der Waals surface area (Å²) in [6.07, 6.45) is -3.00. The first kappa shape index (κ1) is 14.6.